The van der Waals surface area contributed by atoms with Gasteiger partial charge in [0.1, 0.15) is 5.75 Å². The Bertz CT molecular complexity index is 781. The normalized spacial score (nSPS) is 19.4. The van der Waals surface area contributed by atoms with E-state index in [4.69, 9.17) is 4.74 Å². The molecule has 0 aliphatic carbocycles. The van der Waals surface area contributed by atoms with Gasteiger partial charge in [0.15, 0.2) is 0 Å². The Balaban J connectivity index is 1.77. The van der Waals surface area contributed by atoms with Crippen molar-refractivity contribution >= 4 is 11.9 Å². The number of ether oxygens (including phenoxy) is 1. The van der Waals surface area contributed by atoms with Crippen LogP contribution in [0.15, 0.2) is 36.7 Å². The number of carbonyl (C=O) groups is 1. The number of benzene rings is 1. The van der Waals surface area contributed by atoms with Crippen molar-refractivity contribution in [3.63, 3.8) is 0 Å². The molecule has 1 aliphatic rings. The number of nitrogens with one attached hydrogen (secondary N) is 1. The van der Waals surface area contributed by atoms with Crippen molar-refractivity contribution in [1.82, 2.24) is 20.2 Å². The molecular formula is C20H27N5O2. The fourth-order valence-electron chi connectivity index (χ4n) is 3.63. The van der Waals surface area contributed by atoms with Crippen molar-refractivity contribution in [3.05, 3.63) is 47.8 Å². The van der Waals surface area contributed by atoms with Gasteiger partial charge in [-0.15, -0.1) is 0 Å². The molecule has 2 heterocycles. The molecule has 0 radical (unpaired) electrons. The molecule has 3 rings (SSSR count). The van der Waals surface area contributed by atoms with E-state index in [1.165, 1.54) is 0 Å². The van der Waals surface area contributed by atoms with Gasteiger partial charge in [-0.25, -0.2) is 9.97 Å². The number of hydrogen-bond donors (Lipinski definition) is 1. The van der Waals surface area contributed by atoms with Gasteiger partial charge in [-0.3, -0.25) is 4.79 Å². The van der Waals surface area contributed by atoms with Crippen molar-refractivity contribution in [1.29, 1.82) is 0 Å². The lowest BCUT2D eigenvalue weighted by Crippen LogP contribution is -2.43. The number of aromatic nitrogens is 2. The molecule has 1 aliphatic heterocycles. The minimum atomic E-state index is -0.0732. The fourth-order valence-corrected chi connectivity index (χ4v) is 3.63. The van der Waals surface area contributed by atoms with Crippen LogP contribution in [0.25, 0.3) is 0 Å². The average molecular weight is 369 g/mol. The lowest BCUT2D eigenvalue weighted by molar-refractivity contribution is 0.0927. The third-order valence-electron chi connectivity index (χ3n) is 4.94. The summed E-state index contributed by atoms with van der Waals surface area (Å²) in [6, 6.07) is 7.37. The summed E-state index contributed by atoms with van der Waals surface area (Å²) in [6.07, 6.45) is 3.49. The van der Waals surface area contributed by atoms with Gasteiger partial charge in [-0.05, 0) is 39.2 Å². The lowest BCUT2D eigenvalue weighted by atomic mass is 10.0. The van der Waals surface area contributed by atoms with Crippen molar-refractivity contribution in [2.75, 3.05) is 45.7 Å². The second kappa shape index (κ2) is 8.35. The van der Waals surface area contributed by atoms with Gasteiger partial charge < -0.3 is 19.9 Å². The van der Waals surface area contributed by atoms with Crippen LogP contribution in [-0.2, 0) is 0 Å². The number of anilines is 1. The Morgan fingerprint density at radius 3 is 2.67 bits per heavy atom. The number of amides is 1. The van der Waals surface area contributed by atoms with Crippen LogP contribution in [-0.4, -0.2) is 67.7 Å². The Kier molecular flexibility index (Phi) is 5.91. The van der Waals surface area contributed by atoms with E-state index in [2.05, 4.69) is 25.1 Å². The molecule has 1 aromatic carbocycles. The van der Waals surface area contributed by atoms with E-state index in [-0.39, 0.29) is 11.9 Å². The SMILES string of the molecule is COc1cccc(C(=O)N[C@@H]2CN(c3ncccn3)C[C@H]2CN(C)C)c1C. The minimum absolute atomic E-state index is 0.0225. The Morgan fingerprint density at radius 1 is 1.26 bits per heavy atom. The number of rotatable bonds is 6. The number of methoxy groups -OCH3 is 1. The van der Waals surface area contributed by atoms with E-state index in [0.717, 1.165) is 24.4 Å². The maximum Gasteiger partial charge on any atom is 0.251 e. The average Bonchev–Trinajstić information content (AvgIpc) is 3.04. The Morgan fingerprint density at radius 2 is 2.00 bits per heavy atom. The smallest absolute Gasteiger partial charge is 0.251 e. The second-order valence-corrected chi connectivity index (χ2v) is 7.19. The van der Waals surface area contributed by atoms with Gasteiger partial charge in [0.25, 0.3) is 5.91 Å². The first-order valence-electron chi connectivity index (χ1n) is 9.10. The summed E-state index contributed by atoms with van der Waals surface area (Å²) in [7, 11) is 5.71. The third kappa shape index (κ3) is 4.36. The summed E-state index contributed by atoms with van der Waals surface area (Å²) in [5.74, 6) is 1.64. The van der Waals surface area contributed by atoms with Crippen molar-refractivity contribution < 1.29 is 9.53 Å². The molecule has 144 valence electrons. The summed E-state index contributed by atoms with van der Waals surface area (Å²) >= 11 is 0. The molecule has 0 spiro atoms. The maximum absolute atomic E-state index is 12.9. The van der Waals surface area contributed by atoms with Crippen LogP contribution in [0.3, 0.4) is 0 Å². The number of carbonyl (C=O) groups excluding carboxylic acids is 1. The van der Waals surface area contributed by atoms with Crippen LogP contribution in [0.2, 0.25) is 0 Å². The Hall–Kier alpha value is -2.67. The van der Waals surface area contributed by atoms with Crippen LogP contribution in [0.5, 0.6) is 5.75 Å². The summed E-state index contributed by atoms with van der Waals surface area (Å²) in [5.41, 5.74) is 1.50. The molecule has 1 saturated heterocycles. The lowest BCUT2D eigenvalue weighted by Gasteiger charge is -2.23. The molecule has 7 nitrogen and oxygen atoms in total. The fraction of sp³-hybridized carbons (Fsp3) is 0.450. The van der Waals surface area contributed by atoms with E-state index in [0.29, 0.717) is 24.0 Å². The van der Waals surface area contributed by atoms with E-state index in [1.54, 1.807) is 19.5 Å². The predicted octanol–water partition coefficient (Wildman–Crippen LogP) is 1.59. The van der Waals surface area contributed by atoms with E-state index in [1.807, 2.05) is 45.3 Å². The van der Waals surface area contributed by atoms with Gasteiger partial charge in [-0.1, -0.05) is 6.07 Å². The summed E-state index contributed by atoms with van der Waals surface area (Å²) in [6.45, 7) is 4.29. The largest absolute Gasteiger partial charge is 0.496 e. The van der Waals surface area contributed by atoms with E-state index < -0.39 is 0 Å². The van der Waals surface area contributed by atoms with E-state index in [9.17, 15) is 4.79 Å². The molecule has 0 unspecified atom stereocenters. The first-order chi connectivity index (χ1) is 13.0. The highest BCUT2D eigenvalue weighted by Gasteiger charge is 2.35. The quantitative estimate of drug-likeness (QED) is 0.834. The van der Waals surface area contributed by atoms with Gasteiger partial charge in [0, 0.05) is 49.1 Å². The van der Waals surface area contributed by atoms with Crippen LogP contribution < -0.4 is 15.0 Å². The zero-order valence-corrected chi connectivity index (χ0v) is 16.3. The third-order valence-corrected chi connectivity index (χ3v) is 4.94. The first kappa shape index (κ1) is 19.1. The highest BCUT2D eigenvalue weighted by atomic mass is 16.5. The molecule has 1 aromatic heterocycles. The maximum atomic E-state index is 12.9. The monoisotopic (exact) mass is 369 g/mol. The van der Waals surface area contributed by atoms with Gasteiger partial charge in [0.2, 0.25) is 5.95 Å². The van der Waals surface area contributed by atoms with Gasteiger partial charge in [-0.2, -0.15) is 0 Å². The van der Waals surface area contributed by atoms with Crippen molar-refractivity contribution in [2.45, 2.75) is 13.0 Å². The first-order valence-corrected chi connectivity index (χ1v) is 9.10. The van der Waals surface area contributed by atoms with Crippen molar-refractivity contribution in [3.8, 4) is 5.75 Å². The topological polar surface area (TPSA) is 70.6 Å². The zero-order chi connectivity index (χ0) is 19.4. The van der Waals surface area contributed by atoms with Crippen LogP contribution in [0, 0.1) is 12.8 Å². The van der Waals surface area contributed by atoms with E-state index >= 15 is 0 Å². The minimum Gasteiger partial charge on any atom is -0.496 e. The van der Waals surface area contributed by atoms with Gasteiger partial charge in [0.05, 0.1) is 13.2 Å². The van der Waals surface area contributed by atoms with Gasteiger partial charge >= 0.3 is 0 Å². The standard InChI is InChI=1S/C20H27N5O2/c1-14-16(7-5-8-18(14)27-4)19(26)23-17-13-25(12-15(17)11-24(2)3)20-21-9-6-10-22-20/h5-10,15,17H,11-13H2,1-4H3,(H,23,26)/t15-,17-/m1/s1. The summed E-state index contributed by atoms with van der Waals surface area (Å²) in [4.78, 5) is 25.9. The molecule has 0 bridgehead atoms. The zero-order valence-electron chi connectivity index (χ0n) is 16.3. The van der Waals surface area contributed by atoms with Crippen molar-refractivity contribution in [2.24, 2.45) is 5.92 Å². The number of nitrogens with zero attached hydrogens (tertiary/aromatic N) is 4. The summed E-state index contributed by atoms with van der Waals surface area (Å²) < 4.78 is 5.34. The molecule has 2 aromatic rings. The second-order valence-electron chi connectivity index (χ2n) is 7.19. The molecule has 0 saturated carbocycles. The number of hydrogen-bond acceptors (Lipinski definition) is 6. The molecule has 1 fully saturated rings. The molecule has 1 N–H and O–H groups in total. The summed E-state index contributed by atoms with van der Waals surface area (Å²) in [5, 5.41) is 3.22. The predicted molar refractivity (Wildman–Crippen MR) is 105 cm³/mol. The highest BCUT2D eigenvalue weighted by Crippen LogP contribution is 2.24. The molecule has 1 amide bonds. The molecule has 2 atom stereocenters. The van der Waals surface area contributed by atoms with Crippen LogP contribution in [0.1, 0.15) is 15.9 Å². The molecular weight excluding hydrogens is 342 g/mol. The Labute approximate surface area is 160 Å². The molecule has 27 heavy (non-hydrogen) atoms. The van der Waals surface area contributed by atoms with Crippen LogP contribution >= 0.6 is 0 Å². The van der Waals surface area contributed by atoms with Crippen LogP contribution in [0.4, 0.5) is 5.95 Å². The molecule has 7 heteroatoms. The highest BCUT2D eigenvalue weighted by molar-refractivity contribution is 5.96.